The number of carbonyl (C=O) groups is 1. The zero-order chi connectivity index (χ0) is 15.2. The number of nitrogens with two attached hydrogens (primary N) is 1. The molecule has 0 spiro atoms. The van der Waals surface area contributed by atoms with Crippen LogP contribution in [-0.4, -0.2) is 12.5 Å². The summed E-state index contributed by atoms with van der Waals surface area (Å²) >= 11 is 1.39. The van der Waals surface area contributed by atoms with Crippen LogP contribution >= 0.6 is 11.3 Å². The standard InChI is InChI=1S/C17H18N2OS/c1-12(2)14-7-3-4-8-15(14)19-17(20)16-13(6-5-10-18)9-11-21-16/h3-4,7-9,11-12H,10,18H2,1-2H3,(H,19,20). The Balaban J connectivity index is 2.25. The molecule has 0 radical (unpaired) electrons. The van der Waals surface area contributed by atoms with E-state index in [1.165, 1.54) is 11.3 Å². The molecular formula is C17H18N2OS. The average molecular weight is 298 g/mol. The highest BCUT2D eigenvalue weighted by molar-refractivity contribution is 7.12. The molecule has 1 aromatic carbocycles. The average Bonchev–Trinajstić information content (AvgIpc) is 2.94. The van der Waals surface area contributed by atoms with E-state index in [2.05, 4.69) is 31.0 Å². The van der Waals surface area contributed by atoms with Gasteiger partial charge in [-0.15, -0.1) is 11.3 Å². The second-order valence-electron chi connectivity index (χ2n) is 4.87. The van der Waals surface area contributed by atoms with Crippen LogP contribution in [0, 0.1) is 11.8 Å². The van der Waals surface area contributed by atoms with Gasteiger partial charge in [0.15, 0.2) is 0 Å². The van der Waals surface area contributed by atoms with Crippen molar-refractivity contribution in [2.24, 2.45) is 5.73 Å². The molecule has 3 N–H and O–H groups in total. The zero-order valence-corrected chi connectivity index (χ0v) is 13.0. The molecule has 0 saturated carbocycles. The first-order valence-electron chi connectivity index (χ1n) is 6.80. The number of para-hydroxylation sites is 1. The fraction of sp³-hybridized carbons (Fsp3) is 0.235. The summed E-state index contributed by atoms with van der Waals surface area (Å²) in [4.78, 5) is 13.1. The summed E-state index contributed by atoms with van der Waals surface area (Å²) in [5, 5.41) is 4.85. The lowest BCUT2D eigenvalue weighted by atomic mass is 10.0. The van der Waals surface area contributed by atoms with Gasteiger partial charge in [-0.25, -0.2) is 0 Å². The van der Waals surface area contributed by atoms with Crippen LogP contribution in [0.15, 0.2) is 35.7 Å². The van der Waals surface area contributed by atoms with E-state index in [-0.39, 0.29) is 12.5 Å². The number of carbonyl (C=O) groups excluding carboxylic acids is 1. The van der Waals surface area contributed by atoms with Crippen molar-refractivity contribution in [3.05, 3.63) is 51.7 Å². The van der Waals surface area contributed by atoms with Crippen LogP contribution in [-0.2, 0) is 0 Å². The maximum absolute atomic E-state index is 12.4. The van der Waals surface area contributed by atoms with Gasteiger partial charge in [0.05, 0.1) is 6.54 Å². The molecule has 2 rings (SSSR count). The molecule has 0 aliphatic rings. The highest BCUT2D eigenvalue weighted by Gasteiger charge is 2.14. The van der Waals surface area contributed by atoms with Gasteiger partial charge in [-0.05, 0) is 29.0 Å². The van der Waals surface area contributed by atoms with Gasteiger partial charge in [-0.2, -0.15) is 0 Å². The molecule has 21 heavy (non-hydrogen) atoms. The van der Waals surface area contributed by atoms with E-state index in [9.17, 15) is 4.79 Å². The van der Waals surface area contributed by atoms with Crippen molar-refractivity contribution in [1.82, 2.24) is 0 Å². The van der Waals surface area contributed by atoms with Gasteiger partial charge in [-0.3, -0.25) is 4.79 Å². The third-order valence-corrected chi connectivity index (χ3v) is 3.94. The first kappa shape index (κ1) is 15.3. The molecule has 0 fully saturated rings. The molecule has 1 aromatic heterocycles. The Morgan fingerprint density at radius 2 is 2.10 bits per heavy atom. The van der Waals surface area contributed by atoms with E-state index >= 15 is 0 Å². The monoisotopic (exact) mass is 298 g/mol. The van der Waals surface area contributed by atoms with Crippen molar-refractivity contribution in [1.29, 1.82) is 0 Å². The maximum Gasteiger partial charge on any atom is 0.267 e. The van der Waals surface area contributed by atoms with Crippen molar-refractivity contribution in [3.63, 3.8) is 0 Å². The van der Waals surface area contributed by atoms with Gasteiger partial charge in [-0.1, -0.05) is 43.9 Å². The molecule has 0 aliphatic carbocycles. The first-order valence-corrected chi connectivity index (χ1v) is 7.68. The lowest BCUT2D eigenvalue weighted by Gasteiger charge is -2.13. The molecule has 2 aromatic rings. The summed E-state index contributed by atoms with van der Waals surface area (Å²) in [6.07, 6.45) is 0. The van der Waals surface area contributed by atoms with Gasteiger partial charge in [0, 0.05) is 11.3 Å². The van der Waals surface area contributed by atoms with Crippen molar-refractivity contribution in [2.45, 2.75) is 19.8 Å². The van der Waals surface area contributed by atoms with Crippen LogP contribution in [0.4, 0.5) is 5.69 Å². The predicted molar refractivity (Wildman–Crippen MR) is 88.7 cm³/mol. The number of benzene rings is 1. The summed E-state index contributed by atoms with van der Waals surface area (Å²) in [6, 6.07) is 9.70. The van der Waals surface area contributed by atoms with Crippen LogP contribution < -0.4 is 11.1 Å². The quantitative estimate of drug-likeness (QED) is 0.853. The summed E-state index contributed by atoms with van der Waals surface area (Å²) in [7, 11) is 0. The van der Waals surface area contributed by atoms with Crippen LogP contribution in [0.25, 0.3) is 0 Å². The predicted octanol–water partition coefficient (Wildman–Crippen LogP) is 3.43. The van der Waals surface area contributed by atoms with Crippen molar-refractivity contribution in [3.8, 4) is 11.8 Å². The van der Waals surface area contributed by atoms with Crippen molar-refractivity contribution in [2.75, 3.05) is 11.9 Å². The van der Waals surface area contributed by atoms with E-state index in [0.717, 1.165) is 16.8 Å². The highest BCUT2D eigenvalue weighted by Crippen LogP contribution is 2.25. The topological polar surface area (TPSA) is 55.1 Å². The number of hydrogen-bond donors (Lipinski definition) is 2. The number of nitrogens with one attached hydrogen (secondary N) is 1. The van der Waals surface area contributed by atoms with Crippen LogP contribution in [0.2, 0.25) is 0 Å². The van der Waals surface area contributed by atoms with E-state index in [4.69, 9.17) is 5.73 Å². The largest absolute Gasteiger partial charge is 0.321 e. The molecule has 3 nitrogen and oxygen atoms in total. The lowest BCUT2D eigenvalue weighted by Crippen LogP contribution is -2.13. The van der Waals surface area contributed by atoms with Crippen molar-refractivity contribution >= 4 is 22.9 Å². The fourth-order valence-corrected chi connectivity index (χ4v) is 2.77. The van der Waals surface area contributed by atoms with Gasteiger partial charge in [0.25, 0.3) is 5.91 Å². The minimum atomic E-state index is -0.126. The molecular weight excluding hydrogens is 280 g/mol. The Kier molecular flexibility index (Phi) is 5.15. The normalized spacial score (nSPS) is 10.1. The second-order valence-corrected chi connectivity index (χ2v) is 5.78. The minimum Gasteiger partial charge on any atom is -0.321 e. The van der Waals surface area contributed by atoms with Crippen LogP contribution in [0.5, 0.6) is 0 Å². The Hall–Kier alpha value is -2.09. The summed E-state index contributed by atoms with van der Waals surface area (Å²) in [5.74, 6) is 5.94. The van der Waals surface area contributed by atoms with Gasteiger partial charge in [0.1, 0.15) is 4.88 Å². The smallest absolute Gasteiger partial charge is 0.267 e. The third-order valence-electron chi connectivity index (χ3n) is 3.03. The molecule has 108 valence electrons. The number of thiophene rings is 1. The Morgan fingerprint density at radius 3 is 2.81 bits per heavy atom. The van der Waals surface area contributed by atoms with E-state index in [0.29, 0.717) is 10.8 Å². The number of anilines is 1. The second kappa shape index (κ2) is 7.07. The molecule has 0 unspecified atom stereocenters. The van der Waals surface area contributed by atoms with Gasteiger partial charge >= 0.3 is 0 Å². The molecule has 0 atom stereocenters. The summed E-state index contributed by atoms with van der Waals surface area (Å²) in [5.41, 5.74) is 8.08. The molecule has 4 heteroatoms. The van der Waals surface area contributed by atoms with Crippen molar-refractivity contribution < 1.29 is 4.79 Å². The fourth-order valence-electron chi connectivity index (χ4n) is 2.02. The lowest BCUT2D eigenvalue weighted by molar-refractivity contribution is 0.103. The minimum absolute atomic E-state index is 0.126. The van der Waals surface area contributed by atoms with Crippen LogP contribution in [0.1, 0.15) is 40.6 Å². The van der Waals surface area contributed by atoms with Gasteiger partial charge < -0.3 is 11.1 Å². The number of rotatable bonds is 3. The third kappa shape index (κ3) is 3.72. The zero-order valence-electron chi connectivity index (χ0n) is 12.1. The first-order chi connectivity index (χ1) is 10.1. The molecule has 0 aliphatic heterocycles. The van der Waals surface area contributed by atoms with Gasteiger partial charge in [0.2, 0.25) is 0 Å². The van der Waals surface area contributed by atoms with E-state index in [1.807, 2.05) is 35.7 Å². The molecule has 0 saturated heterocycles. The molecule has 0 bridgehead atoms. The highest BCUT2D eigenvalue weighted by atomic mass is 32.1. The molecule has 1 amide bonds. The SMILES string of the molecule is CC(C)c1ccccc1NC(=O)c1sccc1C#CCN. The Labute approximate surface area is 129 Å². The van der Waals surface area contributed by atoms with E-state index < -0.39 is 0 Å². The summed E-state index contributed by atoms with van der Waals surface area (Å²) < 4.78 is 0. The number of hydrogen-bond acceptors (Lipinski definition) is 3. The summed E-state index contributed by atoms with van der Waals surface area (Å²) in [6.45, 7) is 4.50. The molecule has 1 heterocycles. The Bertz CT molecular complexity index is 692. The Morgan fingerprint density at radius 1 is 1.33 bits per heavy atom. The number of amides is 1. The maximum atomic E-state index is 12.4. The van der Waals surface area contributed by atoms with Crippen LogP contribution in [0.3, 0.4) is 0 Å². The van der Waals surface area contributed by atoms with E-state index in [1.54, 1.807) is 0 Å².